The summed E-state index contributed by atoms with van der Waals surface area (Å²) in [5.41, 5.74) is 1.000. The molecule has 0 aliphatic heterocycles. The first-order valence-corrected chi connectivity index (χ1v) is 10.3. The van der Waals surface area contributed by atoms with Crippen molar-refractivity contribution in [2.24, 2.45) is 40.4 Å². The molecule has 4 aliphatic carbocycles. The minimum absolute atomic E-state index is 0.378. The lowest BCUT2D eigenvalue weighted by Crippen LogP contribution is -2.52. The highest BCUT2D eigenvalue weighted by Crippen LogP contribution is 2.67. The summed E-state index contributed by atoms with van der Waals surface area (Å²) in [4.78, 5) is 0. The average Bonchev–Trinajstić information content (AvgIpc) is 2.83. The zero-order chi connectivity index (χ0) is 16.2. The fourth-order valence-electron chi connectivity index (χ4n) is 8.05. The summed E-state index contributed by atoms with van der Waals surface area (Å²) < 4.78 is 0. The van der Waals surface area contributed by atoms with Crippen molar-refractivity contribution in [3.8, 4) is 0 Å². The van der Waals surface area contributed by atoms with Crippen LogP contribution < -0.4 is 0 Å². The van der Waals surface area contributed by atoms with E-state index >= 15 is 0 Å². The standard InChI is InChI=1S/C21H36O2/c1-20-11-4-3-5-14(20)6-8-16-17-9-7-15(13-19(22)23)21(17,2)12-10-18(16)20/h14-19,22-23H,3-13H2,1-2H3/t14?,15-,16-,17-,18-,20-,21+/m0/s1. The molecule has 2 nitrogen and oxygen atoms in total. The SMILES string of the molecule is C[C@]12CC[C@H]3[C@@H](CCC4CCCC[C@@]43C)[C@@H]1CC[C@H]2CC(O)O. The molecule has 1 unspecified atom stereocenters. The highest BCUT2D eigenvalue weighted by molar-refractivity contribution is 5.08. The van der Waals surface area contributed by atoms with Crippen LogP contribution in [-0.2, 0) is 0 Å². The fraction of sp³-hybridized carbons (Fsp3) is 1.00. The number of hydrogen-bond donors (Lipinski definition) is 2. The van der Waals surface area contributed by atoms with Crippen molar-refractivity contribution >= 4 is 0 Å². The Morgan fingerprint density at radius 1 is 0.826 bits per heavy atom. The molecule has 0 radical (unpaired) electrons. The van der Waals surface area contributed by atoms with Crippen LogP contribution in [0.25, 0.3) is 0 Å². The molecular weight excluding hydrogens is 284 g/mol. The summed E-state index contributed by atoms with van der Waals surface area (Å²) in [6.07, 6.45) is 13.6. The molecule has 2 N–H and O–H groups in total. The van der Waals surface area contributed by atoms with Gasteiger partial charge in [0.15, 0.2) is 6.29 Å². The van der Waals surface area contributed by atoms with Gasteiger partial charge in [-0.15, -0.1) is 0 Å². The highest BCUT2D eigenvalue weighted by atomic mass is 16.5. The van der Waals surface area contributed by atoms with Crippen LogP contribution in [0.15, 0.2) is 0 Å². The second kappa shape index (κ2) is 5.73. The Labute approximate surface area is 142 Å². The van der Waals surface area contributed by atoms with Crippen molar-refractivity contribution in [3.63, 3.8) is 0 Å². The van der Waals surface area contributed by atoms with Crippen molar-refractivity contribution in [3.05, 3.63) is 0 Å². The predicted molar refractivity (Wildman–Crippen MR) is 92.7 cm³/mol. The number of aliphatic hydroxyl groups excluding tert-OH is 1. The molecule has 0 aromatic rings. The summed E-state index contributed by atoms with van der Waals surface area (Å²) in [7, 11) is 0. The second-order valence-electron chi connectivity index (χ2n) is 9.94. The van der Waals surface area contributed by atoms with Crippen molar-refractivity contribution < 1.29 is 10.2 Å². The first-order valence-electron chi connectivity index (χ1n) is 10.3. The zero-order valence-corrected chi connectivity index (χ0v) is 15.1. The molecule has 132 valence electrons. The molecule has 2 heteroatoms. The molecule has 4 rings (SSSR count). The van der Waals surface area contributed by atoms with E-state index in [0.29, 0.717) is 23.2 Å². The monoisotopic (exact) mass is 320 g/mol. The molecule has 23 heavy (non-hydrogen) atoms. The summed E-state index contributed by atoms with van der Waals surface area (Å²) in [5.74, 6) is 4.26. The maximum Gasteiger partial charge on any atom is 0.151 e. The van der Waals surface area contributed by atoms with E-state index in [-0.39, 0.29) is 0 Å². The lowest BCUT2D eigenvalue weighted by Gasteiger charge is -2.60. The summed E-state index contributed by atoms with van der Waals surface area (Å²) in [6.45, 7) is 5.13. The van der Waals surface area contributed by atoms with Gasteiger partial charge in [0.25, 0.3) is 0 Å². The fourth-order valence-corrected chi connectivity index (χ4v) is 8.05. The van der Waals surface area contributed by atoms with Gasteiger partial charge in [-0.2, -0.15) is 0 Å². The smallest absolute Gasteiger partial charge is 0.151 e. The maximum absolute atomic E-state index is 9.50. The normalized spacial score (nSPS) is 52.8. The predicted octanol–water partition coefficient (Wildman–Crippen LogP) is 4.74. The van der Waals surface area contributed by atoms with Crippen LogP contribution in [0.4, 0.5) is 0 Å². The zero-order valence-electron chi connectivity index (χ0n) is 15.1. The van der Waals surface area contributed by atoms with Gasteiger partial charge in [0.2, 0.25) is 0 Å². The lowest BCUT2D eigenvalue weighted by atomic mass is 9.45. The minimum Gasteiger partial charge on any atom is -0.368 e. The molecule has 0 spiro atoms. The molecule has 0 aromatic heterocycles. The Morgan fingerprint density at radius 2 is 1.61 bits per heavy atom. The van der Waals surface area contributed by atoms with Crippen molar-refractivity contribution in [2.75, 3.05) is 0 Å². The Kier molecular flexibility index (Phi) is 4.08. The third-order valence-corrected chi connectivity index (χ3v) is 9.27. The van der Waals surface area contributed by atoms with Crippen molar-refractivity contribution in [1.29, 1.82) is 0 Å². The van der Waals surface area contributed by atoms with E-state index < -0.39 is 6.29 Å². The maximum atomic E-state index is 9.50. The molecule has 0 heterocycles. The van der Waals surface area contributed by atoms with Crippen LogP contribution in [0.1, 0.15) is 84.5 Å². The topological polar surface area (TPSA) is 40.5 Å². The quantitative estimate of drug-likeness (QED) is 0.722. The van der Waals surface area contributed by atoms with Crippen molar-refractivity contribution in [2.45, 2.75) is 90.8 Å². The van der Waals surface area contributed by atoms with E-state index in [1.54, 1.807) is 0 Å². The molecule has 0 saturated heterocycles. The Balaban J connectivity index is 1.57. The lowest BCUT2D eigenvalue weighted by molar-refractivity contribution is -0.121. The number of hydrogen-bond acceptors (Lipinski definition) is 2. The number of fused-ring (bicyclic) bond motifs is 5. The van der Waals surface area contributed by atoms with Gasteiger partial charge >= 0.3 is 0 Å². The largest absolute Gasteiger partial charge is 0.368 e. The van der Waals surface area contributed by atoms with Gasteiger partial charge in [-0.1, -0.05) is 26.7 Å². The van der Waals surface area contributed by atoms with Crippen molar-refractivity contribution in [1.82, 2.24) is 0 Å². The third kappa shape index (κ3) is 2.42. The highest BCUT2D eigenvalue weighted by Gasteiger charge is 2.59. The Bertz CT molecular complexity index is 447. The summed E-state index contributed by atoms with van der Waals surface area (Å²) in [6, 6.07) is 0. The average molecular weight is 321 g/mol. The summed E-state index contributed by atoms with van der Waals surface area (Å²) >= 11 is 0. The van der Waals surface area contributed by atoms with Crippen LogP contribution in [0, 0.1) is 40.4 Å². The molecule has 7 atom stereocenters. The van der Waals surface area contributed by atoms with Crippen LogP contribution in [-0.4, -0.2) is 16.5 Å². The van der Waals surface area contributed by atoms with Gasteiger partial charge in [0.05, 0.1) is 0 Å². The molecule has 0 bridgehead atoms. The first-order chi connectivity index (χ1) is 10.9. The van der Waals surface area contributed by atoms with E-state index in [9.17, 15) is 10.2 Å². The van der Waals surface area contributed by atoms with E-state index in [0.717, 1.165) is 23.7 Å². The van der Waals surface area contributed by atoms with Crippen LogP contribution in [0.2, 0.25) is 0 Å². The van der Waals surface area contributed by atoms with E-state index in [2.05, 4.69) is 13.8 Å². The Morgan fingerprint density at radius 3 is 2.39 bits per heavy atom. The number of rotatable bonds is 2. The van der Waals surface area contributed by atoms with Crippen LogP contribution in [0.5, 0.6) is 0 Å². The number of aliphatic hydroxyl groups is 2. The molecule has 0 amide bonds. The van der Waals surface area contributed by atoms with Gasteiger partial charge < -0.3 is 10.2 Å². The molecule has 4 aliphatic rings. The molecular formula is C21H36O2. The van der Waals surface area contributed by atoms with E-state index in [4.69, 9.17) is 0 Å². The van der Waals surface area contributed by atoms with Crippen LogP contribution >= 0.6 is 0 Å². The van der Waals surface area contributed by atoms with E-state index in [1.165, 1.54) is 64.2 Å². The molecule has 4 saturated carbocycles. The minimum atomic E-state index is -1.11. The van der Waals surface area contributed by atoms with Gasteiger partial charge in [-0.25, -0.2) is 0 Å². The first kappa shape index (κ1) is 16.4. The molecule has 0 aromatic carbocycles. The Hall–Kier alpha value is -0.0800. The van der Waals surface area contributed by atoms with Gasteiger partial charge in [0, 0.05) is 6.42 Å². The van der Waals surface area contributed by atoms with Gasteiger partial charge in [-0.3, -0.25) is 0 Å². The van der Waals surface area contributed by atoms with Crippen LogP contribution in [0.3, 0.4) is 0 Å². The van der Waals surface area contributed by atoms with Gasteiger partial charge in [0.1, 0.15) is 0 Å². The molecule has 4 fully saturated rings. The van der Waals surface area contributed by atoms with E-state index in [1.807, 2.05) is 0 Å². The van der Waals surface area contributed by atoms with Gasteiger partial charge in [-0.05, 0) is 91.8 Å². The third-order valence-electron chi connectivity index (χ3n) is 9.27. The second-order valence-corrected chi connectivity index (χ2v) is 9.94. The summed E-state index contributed by atoms with van der Waals surface area (Å²) in [5, 5.41) is 19.0.